The van der Waals surface area contributed by atoms with Crippen LogP contribution in [-0.4, -0.2) is 68.0 Å². The fourth-order valence-corrected chi connectivity index (χ4v) is 5.14. The number of aryl methyl sites for hydroxylation is 1. The molecule has 1 atom stereocenters. The zero-order valence-corrected chi connectivity index (χ0v) is 14.9. The third-order valence-corrected chi connectivity index (χ3v) is 6.69. The van der Waals surface area contributed by atoms with Gasteiger partial charge in [-0.3, -0.25) is 4.90 Å². The molecule has 1 N–H and O–H groups in total. The molecule has 1 aromatic carbocycles. The summed E-state index contributed by atoms with van der Waals surface area (Å²) in [4.78, 5) is 16.4. The summed E-state index contributed by atoms with van der Waals surface area (Å²) in [5.41, 5.74) is 2.05. The second-order valence-electron chi connectivity index (χ2n) is 6.56. The number of carbonyl (C=O) groups excluding carboxylic acids is 1. The average molecular weight is 351 g/mol. The van der Waals surface area contributed by atoms with Crippen molar-refractivity contribution in [3.05, 3.63) is 29.8 Å². The minimum atomic E-state index is -2.86. The summed E-state index contributed by atoms with van der Waals surface area (Å²) in [6.07, 6.45) is 1.70. The van der Waals surface area contributed by atoms with Gasteiger partial charge in [-0.2, -0.15) is 0 Å². The molecule has 24 heavy (non-hydrogen) atoms. The maximum Gasteiger partial charge on any atom is 0.321 e. The summed E-state index contributed by atoms with van der Waals surface area (Å²) >= 11 is 0. The van der Waals surface area contributed by atoms with Gasteiger partial charge >= 0.3 is 6.03 Å². The molecule has 0 radical (unpaired) electrons. The quantitative estimate of drug-likeness (QED) is 0.898. The molecule has 3 rings (SSSR count). The fraction of sp³-hybridized carbons (Fsp3) is 0.588. The molecule has 0 aliphatic carbocycles. The number of sulfone groups is 1. The smallest absolute Gasteiger partial charge is 0.321 e. The van der Waals surface area contributed by atoms with Crippen LogP contribution in [0.15, 0.2) is 24.3 Å². The number of rotatable bonds is 3. The maximum atomic E-state index is 12.4. The summed E-state index contributed by atoms with van der Waals surface area (Å²) in [5, 5.41) is 2.93. The molecule has 6 nitrogen and oxygen atoms in total. The molecule has 2 saturated heterocycles. The van der Waals surface area contributed by atoms with Gasteiger partial charge in [0.05, 0.1) is 11.5 Å². The molecule has 132 valence electrons. The molecule has 0 bridgehead atoms. The SMILES string of the molecule is CCc1ccc(NC(=O)N2CCN(C3CCS(=O)(=O)C3)CC2)cc1. The summed E-state index contributed by atoms with van der Waals surface area (Å²) in [7, 11) is -2.86. The largest absolute Gasteiger partial charge is 0.322 e. The summed E-state index contributed by atoms with van der Waals surface area (Å²) in [5.74, 6) is 0.565. The van der Waals surface area contributed by atoms with Crippen LogP contribution in [0.2, 0.25) is 0 Å². The van der Waals surface area contributed by atoms with Gasteiger partial charge in [-0.15, -0.1) is 0 Å². The molecule has 1 unspecified atom stereocenters. The van der Waals surface area contributed by atoms with E-state index in [2.05, 4.69) is 17.1 Å². The van der Waals surface area contributed by atoms with E-state index in [9.17, 15) is 13.2 Å². The molecular weight excluding hydrogens is 326 g/mol. The van der Waals surface area contributed by atoms with Gasteiger partial charge in [-0.25, -0.2) is 13.2 Å². The first-order chi connectivity index (χ1) is 11.5. The van der Waals surface area contributed by atoms with Gasteiger partial charge in [0.15, 0.2) is 9.84 Å². The Balaban J connectivity index is 1.49. The number of nitrogens with zero attached hydrogens (tertiary/aromatic N) is 2. The van der Waals surface area contributed by atoms with Gasteiger partial charge in [0, 0.05) is 37.9 Å². The molecule has 2 fully saturated rings. The number of hydrogen-bond acceptors (Lipinski definition) is 4. The molecule has 2 amide bonds. The van der Waals surface area contributed by atoms with Crippen molar-refractivity contribution in [3.63, 3.8) is 0 Å². The number of urea groups is 1. The van der Waals surface area contributed by atoms with E-state index in [1.165, 1.54) is 5.56 Å². The third-order valence-electron chi connectivity index (χ3n) is 4.94. The van der Waals surface area contributed by atoms with Crippen molar-refractivity contribution < 1.29 is 13.2 Å². The van der Waals surface area contributed by atoms with E-state index in [1.807, 2.05) is 24.3 Å². The Bertz CT molecular complexity index is 680. The summed E-state index contributed by atoms with van der Waals surface area (Å²) in [6.45, 7) is 4.85. The van der Waals surface area contributed by atoms with Crippen molar-refractivity contribution in [2.24, 2.45) is 0 Å². The van der Waals surface area contributed by atoms with Gasteiger partial charge in [0.2, 0.25) is 0 Å². The van der Waals surface area contributed by atoms with Crippen LogP contribution in [0.5, 0.6) is 0 Å². The van der Waals surface area contributed by atoms with E-state index in [-0.39, 0.29) is 17.8 Å². The molecule has 2 aliphatic rings. The monoisotopic (exact) mass is 351 g/mol. The Hall–Kier alpha value is -1.60. The van der Waals surface area contributed by atoms with Crippen molar-refractivity contribution in [2.75, 3.05) is 43.0 Å². The number of nitrogens with one attached hydrogen (secondary N) is 1. The predicted molar refractivity (Wildman–Crippen MR) is 95.0 cm³/mol. The van der Waals surface area contributed by atoms with Crippen LogP contribution < -0.4 is 5.32 Å². The van der Waals surface area contributed by atoms with E-state index in [0.717, 1.165) is 31.6 Å². The Labute approximate surface area is 143 Å². The maximum absolute atomic E-state index is 12.4. The molecule has 1 aromatic rings. The van der Waals surface area contributed by atoms with Crippen molar-refractivity contribution in [1.82, 2.24) is 9.80 Å². The van der Waals surface area contributed by atoms with Gasteiger partial charge in [0.1, 0.15) is 0 Å². The second kappa shape index (κ2) is 7.11. The summed E-state index contributed by atoms with van der Waals surface area (Å²) < 4.78 is 23.2. The van der Waals surface area contributed by atoms with E-state index in [0.29, 0.717) is 18.8 Å². The number of anilines is 1. The van der Waals surface area contributed by atoms with E-state index in [1.54, 1.807) is 4.90 Å². The molecule has 0 spiro atoms. The molecule has 0 aromatic heterocycles. The highest BCUT2D eigenvalue weighted by Gasteiger charge is 2.34. The number of benzene rings is 1. The normalized spacial score (nSPS) is 24.0. The first kappa shape index (κ1) is 17.2. The lowest BCUT2D eigenvalue weighted by atomic mass is 10.1. The van der Waals surface area contributed by atoms with Crippen molar-refractivity contribution in [1.29, 1.82) is 0 Å². The third kappa shape index (κ3) is 4.08. The lowest BCUT2D eigenvalue weighted by molar-refractivity contribution is 0.121. The topological polar surface area (TPSA) is 69.7 Å². The lowest BCUT2D eigenvalue weighted by Crippen LogP contribution is -2.53. The van der Waals surface area contributed by atoms with Crippen LogP contribution in [-0.2, 0) is 16.3 Å². The Morgan fingerprint density at radius 1 is 1.17 bits per heavy atom. The molecule has 0 saturated carbocycles. The Kier molecular flexibility index (Phi) is 5.10. The van der Waals surface area contributed by atoms with Crippen molar-refractivity contribution in [3.8, 4) is 0 Å². The lowest BCUT2D eigenvalue weighted by Gasteiger charge is -2.37. The van der Waals surface area contributed by atoms with Crippen LogP contribution in [0.3, 0.4) is 0 Å². The van der Waals surface area contributed by atoms with E-state index in [4.69, 9.17) is 0 Å². The standard InChI is InChI=1S/C17H25N3O3S/c1-2-14-3-5-15(6-4-14)18-17(21)20-10-8-19(9-11-20)16-7-12-24(22,23)13-16/h3-6,16H,2,7-13H2,1H3,(H,18,21). The first-order valence-electron chi connectivity index (χ1n) is 8.56. The van der Waals surface area contributed by atoms with Crippen molar-refractivity contribution in [2.45, 2.75) is 25.8 Å². The number of hydrogen-bond donors (Lipinski definition) is 1. The zero-order chi connectivity index (χ0) is 17.2. The molecule has 7 heteroatoms. The molecule has 2 heterocycles. The van der Waals surface area contributed by atoms with Gasteiger partial charge < -0.3 is 10.2 Å². The van der Waals surface area contributed by atoms with E-state index < -0.39 is 9.84 Å². The minimum absolute atomic E-state index is 0.0852. The summed E-state index contributed by atoms with van der Waals surface area (Å²) in [6, 6.07) is 7.94. The fourth-order valence-electron chi connectivity index (χ4n) is 3.38. The van der Waals surface area contributed by atoms with Crippen LogP contribution >= 0.6 is 0 Å². The Morgan fingerprint density at radius 2 is 1.83 bits per heavy atom. The predicted octanol–water partition coefficient (Wildman–Crippen LogP) is 1.59. The van der Waals surface area contributed by atoms with Crippen LogP contribution in [0.25, 0.3) is 0 Å². The van der Waals surface area contributed by atoms with Crippen LogP contribution in [0, 0.1) is 0 Å². The van der Waals surface area contributed by atoms with Crippen molar-refractivity contribution >= 4 is 21.6 Å². The highest BCUT2D eigenvalue weighted by Crippen LogP contribution is 2.19. The number of carbonyl (C=O) groups is 1. The zero-order valence-electron chi connectivity index (χ0n) is 14.1. The number of piperazine rings is 1. The molecule has 2 aliphatic heterocycles. The van der Waals surface area contributed by atoms with Crippen LogP contribution in [0.1, 0.15) is 18.9 Å². The van der Waals surface area contributed by atoms with Gasteiger partial charge in [-0.05, 0) is 30.5 Å². The van der Waals surface area contributed by atoms with E-state index >= 15 is 0 Å². The molecular formula is C17H25N3O3S. The average Bonchev–Trinajstić information content (AvgIpc) is 2.95. The van der Waals surface area contributed by atoms with Crippen LogP contribution in [0.4, 0.5) is 10.5 Å². The first-order valence-corrected chi connectivity index (χ1v) is 10.4. The van der Waals surface area contributed by atoms with Gasteiger partial charge in [0.25, 0.3) is 0 Å². The van der Waals surface area contributed by atoms with Gasteiger partial charge in [-0.1, -0.05) is 19.1 Å². The Morgan fingerprint density at radius 3 is 2.38 bits per heavy atom. The second-order valence-corrected chi connectivity index (χ2v) is 8.79. The highest BCUT2D eigenvalue weighted by atomic mass is 32.2. The highest BCUT2D eigenvalue weighted by molar-refractivity contribution is 7.91. The minimum Gasteiger partial charge on any atom is -0.322 e. The number of amides is 2.